The standard InChI is InChI=1S/C20H20O2S/c1-13-6-8-15(9-7-13)19-20(17(21)12-23-19)11-10-14-4-2-3-5-16(14)18(20)22/h2-9,17,19,21H,10-12H2,1H3/t17-,19+,20+/m0/s1. The maximum Gasteiger partial charge on any atom is 0.173 e. The van der Waals surface area contributed by atoms with Crippen molar-refractivity contribution in [2.24, 2.45) is 5.41 Å². The number of aliphatic hydroxyl groups is 1. The van der Waals surface area contributed by atoms with Gasteiger partial charge in [0.25, 0.3) is 0 Å². The summed E-state index contributed by atoms with van der Waals surface area (Å²) < 4.78 is 0. The highest BCUT2D eigenvalue weighted by molar-refractivity contribution is 7.99. The van der Waals surface area contributed by atoms with Crippen molar-refractivity contribution >= 4 is 17.5 Å². The number of fused-ring (bicyclic) bond motifs is 1. The van der Waals surface area contributed by atoms with Crippen LogP contribution < -0.4 is 0 Å². The van der Waals surface area contributed by atoms with E-state index in [0.717, 1.165) is 29.5 Å². The molecule has 4 rings (SSSR count). The molecule has 118 valence electrons. The number of benzene rings is 2. The Hall–Kier alpha value is -1.58. The summed E-state index contributed by atoms with van der Waals surface area (Å²) in [5.74, 6) is 0.759. The first-order valence-electron chi connectivity index (χ1n) is 8.12. The van der Waals surface area contributed by atoms with Gasteiger partial charge < -0.3 is 5.11 Å². The van der Waals surface area contributed by atoms with Crippen LogP contribution in [0.1, 0.15) is 38.7 Å². The fraction of sp³-hybridized carbons (Fsp3) is 0.350. The molecule has 3 heteroatoms. The minimum absolute atomic E-state index is 0.0407. The molecular formula is C20H20O2S. The first-order valence-corrected chi connectivity index (χ1v) is 9.17. The Bertz CT molecular complexity index is 752. The molecular weight excluding hydrogens is 304 g/mol. The lowest BCUT2D eigenvalue weighted by atomic mass is 9.64. The monoisotopic (exact) mass is 324 g/mol. The smallest absolute Gasteiger partial charge is 0.173 e. The number of aryl methyl sites for hydroxylation is 2. The molecule has 1 heterocycles. The third kappa shape index (κ3) is 2.18. The lowest BCUT2D eigenvalue weighted by molar-refractivity contribution is 0.0325. The molecule has 1 fully saturated rings. The molecule has 1 aliphatic carbocycles. The Kier molecular flexibility index (Phi) is 3.58. The fourth-order valence-electron chi connectivity index (χ4n) is 4.03. The molecule has 1 N–H and O–H groups in total. The van der Waals surface area contributed by atoms with Crippen LogP contribution in [-0.2, 0) is 6.42 Å². The van der Waals surface area contributed by atoms with E-state index in [1.165, 1.54) is 5.56 Å². The van der Waals surface area contributed by atoms with Gasteiger partial charge in [0.05, 0.1) is 11.5 Å². The average molecular weight is 324 g/mol. The number of Topliss-reactive ketones (excluding diaryl/α,β-unsaturated/α-hetero) is 1. The summed E-state index contributed by atoms with van der Waals surface area (Å²) in [6.45, 7) is 2.07. The van der Waals surface area contributed by atoms with Crippen LogP contribution in [0.2, 0.25) is 0 Å². The van der Waals surface area contributed by atoms with Crippen LogP contribution >= 0.6 is 11.8 Å². The Morgan fingerprint density at radius 2 is 1.87 bits per heavy atom. The molecule has 0 bridgehead atoms. The number of hydrogen-bond acceptors (Lipinski definition) is 3. The Morgan fingerprint density at radius 3 is 2.65 bits per heavy atom. The van der Waals surface area contributed by atoms with Crippen molar-refractivity contribution in [3.05, 3.63) is 70.8 Å². The van der Waals surface area contributed by atoms with E-state index >= 15 is 0 Å². The van der Waals surface area contributed by atoms with E-state index in [-0.39, 0.29) is 11.0 Å². The van der Waals surface area contributed by atoms with Gasteiger partial charge in [-0.1, -0.05) is 54.1 Å². The quantitative estimate of drug-likeness (QED) is 0.863. The van der Waals surface area contributed by atoms with Crippen molar-refractivity contribution < 1.29 is 9.90 Å². The molecule has 0 unspecified atom stereocenters. The van der Waals surface area contributed by atoms with Gasteiger partial charge in [-0.05, 0) is 30.9 Å². The van der Waals surface area contributed by atoms with Gasteiger partial charge in [0.15, 0.2) is 5.78 Å². The second-order valence-electron chi connectivity index (χ2n) is 6.67. The molecule has 1 aliphatic heterocycles. The molecule has 2 nitrogen and oxygen atoms in total. The predicted molar refractivity (Wildman–Crippen MR) is 93.9 cm³/mol. The number of rotatable bonds is 1. The zero-order valence-electron chi connectivity index (χ0n) is 13.2. The molecule has 0 aromatic heterocycles. The number of aliphatic hydroxyl groups excluding tert-OH is 1. The first kappa shape index (κ1) is 15.0. The Balaban J connectivity index is 1.81. The second-order valence-corrected chi connectivity index (χ2v) is 7.80. The van der Waals surface area contributed by atoms with Crippen molar-refractivity contribution in [2.75, 3.05) is 5.75 Å². The van der Waals surface area contributed by atoms with Gasteiger partial charge in [0.2, 0.25) is 0 Å². The van der Waals surface area contributed by atoms with Gasteiger partial charge in [0.1, 0.15) is 0 Å². The summed E-state index contributed by atoms with van der Waals surface area (Å²) in [6, 6.07) is 16.3. The minimum atomic E-state index is -0.672. The van der Waals surface area contributed by atoms with Gasteiger partial charge in [-0.3, -0.25) is 4.79 Å². The molecule has 0 radical (unpaired) electrons. The van der Waals surface area contributed by atoms with Gasteiger partial charge in [-0.2, -0.15) is 0 Å². The molecule has 2 aliphatic rings. The molecule has 3 atom stereocenters. The minimum Gasteiger partial charge on any atom is -0.391 e. The summed E-state index contributed by atoms with van der Waals surface area (Å²) in [4.78, 5) is 13.3. The lowest BCUT2D eigenvalue weighted by Crippen LogP contribution is -2.46. The van der Waals surface area contributed by atoms with Crippen molar-refractivity contribution in [1.29, 1.82) is 0 Å². The van der Waals surface area contributed by atoms with Crippen LogP contribution in [0.3, 0.4) is 0 Å². The summed E-state index contributed by atoms with van der Waals surface area (Å²) in [5, 5.41) is 10.8. The zero-order valence-corrected chi connectivity index (χ0v) is 14.0. The normalized spacial score (nSPS) is 29.7. The molecule has 0 amide bonds. The van der Waals surface area contributed by atoms with Crippen LogP contribution in [-0.4, -0.2) is 22.7 Å². The van der Waals surface area contributed by atoms with E-state index < -0.39 is 11.5 Å². The SMILES string of the molecule is Cc1ccc([C@H]2SC[C@H](O)[C@@]23CCc2ccccc2C3=O)cc1. The number of hydrogen-bond donors (Lipinski definition) is 1. The van der Waals surface area contributed by atoms with Crippen LogP contribution in [0.5, 0.6) is 0 Å². The van der Waals surface area contributed by atoms with Gasteiger partial charge in [-0.15, -0.1) is 11.8 Å². The van der Waals surface area contributed by atoms with Crippen LogP contribution in [0.4, 0.5) is 0 Å². The van der Waals surface area contributed by atoms with Gasteiger partial charge in [0, 0.05) is 16.6 Å². The predicted octanol–water partition coefficient (Wildman–Crippen LogP) is 3.96. The van der Waals surface area contributed by atoms with E-state index in [1.807, 2.05) is 24.3 Å². The van der Waals surface area contributed by atoms with E-state index in [4.69, 9.17) is 0 Å². The molecule has 2 aromatic rings. The van der Waals surface area contributed by atoms with Crippen molar-refractivity contribution in [3.63, 3.8) is 0 Å². The highest BCUT2D eigenvalue weighted by atomic mass is 32.2. The highest BCUT2D eigenvalue weighted by Gasteiger charge is 2.57. The molecule has 2 aromatic carbocycles. The summed E-state index contributed by atoms with van der Waals surface area (Å²) >= 11 is 1.72. The second kappa shape index (κ2) is 5.50. The molecule has 1 spiro atoms. The number of carbonyl (C=O) groups is 1. The van der Waals surface area contributed by atoms with E-state index in [0.29, 0.717) is 5.75 Å². The maximum absolute atomic E-state index is 13.3. The van der Waals surface area contributed by atoms with Crippen LogP contribution in [0.15, 0.2) is 48.5 Å². The van der Waals surface area contributed by atoms with Crippen molar-refractivity contribution in [2.45, 2.75) is 31.1 Å². The maximum atomic E-state index is 13.3. The molecule has 1 saturated heterocycles. The third-order valence-electron chi connectivity index (χ3n) is 5.36. The Labute approximate surface area is 140 Å². The molecule has 23 heavy (non-hydrogen) atoms. The summed E-state index contributed by atoms with van der Waals surface area (Å²) in [7, 11) is 0. The first-order chi connectivity index (χ1) is 11.1. The van der Waals surface area contributed by atoms with Crippen LogP contribution in [0, 0.1) is 12.3 Å². The van der Waals surface area contributed by atoms with E-state index in [2.05, 4.69) is 31.2 Å². The van der Waals surface area contributed by atoms with Crippen LogP contribution in [0.25, 0.3) is 0 Å². The van der Waals surface area contributed by atoms with Gasteiger partial charge in [-0.25, -0.2) is 0 Å². The largest absolute Gasteiger partial charge is 0.391 e. The third-order valence-corrected chi connectivity index (χ3v) is 6.89. The average Bonchev–Trinajstić information content (AvgIpc) is 2.90. The summed E-state index contributed by atoms with van der Waals surface area (Å²) in [6.07, 6.45) is 1.02. The zero-order chi connectivity index (χ0) is 16.0. The topological polar surface area (TPSA) is 37.3 Å². The van der Waals surface area contributed by atoms with E-state index in [9.17, 15) is 9.90 Å². The summed E-state index contributed by atoms with van der Waals surface area (Å²) in [5.41, 5.74) is 3.62. The van der Waals surface area contributed by atoms with Crippen molar-refractivity contribution in [3.8, 4) is 0 Å². The van der Waals surface area contributed by atoms with Gasteiger partial charge >= 0.3 is 0 Å². The van der Waals surface area contributed by atoms with Crippen molar-refractivity contribution in [1.82, 2.24) is 0 Å². The highest BCUT2D eigenvalue weighted by Crippen LogP contribution is 2.58. The molecule has 0 saturated carbocycles. The van der Waals surface area contributed by atoms with E-state index in [1.54, 1.807) is 11.8 Å². The fourth-order valence-corrected chi connectivity index (χ4v) is 5.73. The number of ketones is 1. The number of carbonyl (C=O) groups excluding carboxylic acids is 1. The lowest BCUT2D eigenvalue weighted by Gasteiger charge is -2.40. The number of thioether (sulfide) groups is 1. The Morgan fingerprint density at radius 1 is 1.13 bits per heavy atom.